The van der Waals surface area contributed by atoms with Gasteiger partial charge < -0.3 is 9.84 Å². The van der Waals surface area contributed by atoms with E-state index in [1.165, 1.54) is 0 Å². The topological polar surface area (TPSA) is 32.7 Å². The van der Waals surface area contributed by atoms with Gasteiger partial charge in [-0.1, -0.05) is 6.92 Å². The second-order valence-electron chi connectivity index (χ2n) is 2.37. The lowest BCUT2D eigenvalue weighted by Crippen LogP contribution is -2.38. The van der Waals surface area contributed by atoms with Crippen LogP contribution in [0.3, 0.4) is 0 Å². The van der Waals surface area contributed by atoms with Crippen LogP contribution in [0.25, 0.3) is 0 Å². The molecule has 1 saturated heterocycles. The van der Waals surface area contributed by atoms with Gasteiger partial charge in [0.2, 0.25) is 0 Å². The summed E-state index contributed by atoms with van der Waals surface area (Å²) in [6.45, 7) is 5.10. The van der Waals surface area contributed by atoms with Gasteiger partial charge in [-0.05, 0) is 6.42 Å². The van der Waals surface area contributed by atoms with Gasteiger partial charge >= 0.3 is 0 Å². The fraction of sp³-hybridized carbons (Fsp3) is 0.857. The van der Waals surface area contributed by atoms with E-state index in [9.17, 15) is 5.11 Å². The molecule has 1 rings (SSSR count). The number of hydrogen-bond acceptors (Lipinski definition) is 3. The fourth-order valence-electron chi connectivity index (χ4n) is 1.05. The molecule has 0 aliphatic carbocycles. The molecule has 1 N–H and O–H groups in total. The zero-order chi connectivity index (χ0) is 7.40. The van der Waals surface area contributed by atoms with Crippen LogP contribution >= 0.6 is 0 Å². The van der Waals surface area contributed by atoms with E-state index < -0.39 is 0 Å². The van der Waals surface area contributed by atoms with Crippen molar-refractivity contribution in [1.29, 1.82) is 0 Å². The molecule has 0 aromatic carbocycles. The predicted octanol–water partition coefficient (Wildman–Crippen LogP) is 0.591. The summed E-state index contributed by atoms with van der Waals surface area (Å²) < 4.78 is 5.13. The molecular weight excluding hydrogens is 130 g/mol. The Labute approximate surface area is 61.6 Å². The summed E-state index contributed by atoms with van der Waals surface area (Å²) >= 11 is 0. The molecule has 10 heavy (non-hydrogen) atoms. The largest absolute Gasteiger partial charge is 0.379 e. The van der Waals surface area contributed by atoms with E-state index in [1.807, 2.05) is 11.8 Å². The summed E-state index contributed by atoms with van der Waals surface area (Å²) in [5.41, 5.74) is 0. The van der Waals surface area contributed by atoms with Crippen molar-refractivity contribution in [2.24, 2.45) is 0 Å². The molecule has 0 bridgehead atoms. The van der Waals surface area contributed by atoms with Crippen molar-refractivity contribution in [2.45, 2.75) is 13.3 Å². The van der Waals surface area contributed by atoms with Crippen LogP contribution < -0.4 is 0 Å². The normalized spacial score (nSPS) is 21.9. The Balaban J connectivity index is 2.24. The number of aliphatic hydroxyl groups excluding tert-OH is 1. The minimum absolute atomic E-state index is 0.489. The zero-order valence-electron chi connectivity index (χ0n) is 6.34. The Morgan fingerprint density at radius 3 is 2.60 bits per heavy atom. The highest BCUT2D eigenvalue weighted by Crippen LogP contribution is 2.09. The van der Waals surface area contributed by atoms with Crippen molar-refractivity contribution in [2.75, 3.05) is 26.3 Å². The maximum Gasteiger partial charge on any atom is 0.161 e. The molecule has 3 nitrogen and oxygen atoms in total. The molecule has 1 radical (unpaired) electrons. The van der Waals surface area contributed by atoms with Crippen LogP contribution in [-0.4, -0.2) is 36.3 Å². The van der Waals surface area contributed by atoms with Gasteiger partial charge in [0.25, 0.3) is 0 Å². The van der Waals surface area contributed by atoms with E-state index in [0.717, 1.165) is 32.7 Å². The summed E-state index contributed by atoms with van der Waals surface area (Å²) in [4.78, 5) is 1.96. The summed E-state index contributed by atoms with van der Waals surface area (Å²) in [5, 5.41) is 9.27. The molecule has 1 aliphatic rings. The van der Waals surface area contributed by atoms with E-state index in [4.69, 9.17) is 4.74 Å². The number of nitrogens with zero attached hydrogens (tertiary/aromatic N) is 1. The van der Waals surface area contributed by atoms with Crippen molar-refractivity contribution < 1.29 is 9.84 Å². The third-order valence-corrected chi connectivity index (χ3v) is 1.69. The monoisotopic (exact) mass is 144 g/mol. The van der Waals surface area contributed by atoms with E-state index in [1.54, 1.807) is 0 Å². The van der Waals surface area contributed by atoms with E-state index in [-0.39, 0.29) is 0 Å². The maximum atomic E-state index is 9.27. The lowest BCUT2D eigenvalue weighted by Gasteiger charge is -2.29. The number of rotatable bonds is 2. The summed E-state index contributed by atoms with van der Waals surface area (Å²) in [5.74, 6) is 0. The third kappa shape index (κ3) is 1.94. The van der Waals surface area contributed by atoms with Gasteiger partial charge in [-0.15, -0.1) is 0 Å². The molecule has 1 fully saturated rings. The summed E-state index contributed by atoms with van der Waals surface area (Å²) in [7, 11) is 0. The summed E-state index contributed by atoms with van der Waals surface area (Å²) in [6.07, 6.45) is 1.21. The SMILES string of the molecule is CC[C](O)N1CCOCC1. The van der Waals surface area contributed by atoms with Gasteiger partial charge in [0.05, 0.1) is 13.2 Å². The molecule has 0 unspecified atom stereocenters. The average Bonchev–Trinajstić information content (AvgIpc) is 2.05. The van der Waals surface area contributed by atoms with Crippen molar-refractivity contribution >= 4 is 0 Å². The minimum Gasteiger partial charge on any atom is -0.379 e. The lowest BCUT2D eigenvalue weighted by atomic mass is 10.3. The first-order valence-corrected chi connectivity index (χ1v) is 3.72. The Hall–Kier alpha value is -0.120. The van der Waals surface area contributed by atoms with Crippen LogP contribution in [0.15, 0.2) is 0 Å². The maximum absolute atomic E-state index is 9.27. The molecule has 1 heterocycles. The van der Waals surface area contributed by atoms with Crippen LogP contribution in [-0.2, 0) is 4.74 Å². The van der Waals surface area contributed by atoms with Gasteiger partial charge in [-0.25, -0.2) is 0 Å². The molecule has 1 aliphatic heterocycles. The molecule has 0 atom stereocenters. The van der Waals surface area contributed by atoms with Crippen LogP contribution in [0.4, 0.5) is 0 Å². The first kappa shape index (κ1) is 7.98. The van der Waals surface area contributed by atoms with Gasteiger partial charge in [0.15, 0.2) is 6.23 Å². The van der Waals surface area contributed by atoms with E-state index in [0.29, 0.717) is 6.23 Å². The molecule has 0 saturated carbocycles. The molecule has 3 heteroatoms. The van der Waals surface area contributed by atoms with Crippen LogP contribution in [0.1, 0.15) is 13.3 Å². The Bertz CT molecular complexity index is 91.6. The molecule has 0 aromatic rings. The first-order chi connectivity index (χ1) is 4.84. The molecule has 0 amide bonds. The second-order valence-corrected chi connectivity index (χ2v) is 2.37. The standard InChI is InChI=1S/C7H14NO2/c1-2-7(9)8-3-5-10-6-4-8/h9H,2-6H2,1H3. The van der Waals surface area contributed by atoms with Crippen molar-refractivity contribution in [3.63, 3.8) is 0 Å². The van der Waals surface area contributed by atoms with Crippen LogP contribution in [0.5, 0.6) is 0 Å². The number of hydrogen-bond donors (Lipinski definition) is 1. The molecular formula is C7H14NO2. The van der Waals surface area contributed by atoms with Gasteiger partial charge in [0, 0.05) is 13.1 Å². The number of ether oxygens (including phenoxy) is 1. The zero-order valence-corrected chi connectivity index (χ0v) is 6.34. The van der Waals surface area contributed by atoms with E-state index >= 15 is 0 Å². The van der Waals surface area contributed by atoms with Crippen LogP contribution in [0, 0.1) is 6.23 Å². The third-order valence-electron chi connectivity index (χ3n) is 1.69. The highest BCUT2D eigenvalue weighted by Gasteiger charge is 2.17. The minimum atomic E-state index is 0.489. The number of morpholine rings is 1. The van der Waals surface area contributed by atoms with Crippen LogP contribution in [0.2, 0.25) is 0 Å². The Kier molecular flexibility index (Phi) is 3.12. The fourth-order valence-corrected chi connectivity index (χ4v) is 1.05. The second kappa shape index (κ2) is 3.91. The van der Waals surface area contributed by atoms with Crippen molar-refractivity contribution in [1.82, 2.24) is 4.90 Å². The highest BCUT2D eigenvalue weighted by molar-refractivity contribution is 4.76. The smallest absolute Gasteiger partial charge is 0.161 e. The van der Waals surface area contributed by atoms with Gasteiger partial charge in [-0.3, -0.25) is 4.90 Å². The number of aliphatic hydroxyl groups is 1. The Morgan fingerprint density at radius 2 is 2.10 bits per heavy atom. The van der Waals surface area contributed by atoms with Gasteiger partial charge in [0.1, 0.15) is 0 Å². The first-order valence-electron chi connectivity index (χ1n) is 3.72. The highest BCUT2D eigenvalue weighted by atomic mass is 16.5. The van der Waals surface area contributed by atoms with Gasteiger partial charge in [-0.2, -0.15) is 0 Å². The molecule has 0 aromatic heterocycles. The average molecular weight is 144 g/mol. The quantitative estimate of drug-likeness (QED) is 0.615. The van der Waals surface area contributed by atoms with Crippen molar-refractivity contribution in [3.8, 4) is 0 Å². The Morgan fingerprint density at radius 1 is 1.50 bits per heavy atom. The molecule has 0 spiro atoms. The van der Waals surface area contributed by atoms with E-state index in [2.05, 4.69) is 0 Å². The summed E-state index contributed by atoms with van der Waals surface area (Å²) in [6, 6.07) is 0. The lowest BCUT2D eigenvalue weighted by molar-refractivity contribution is -0.00177. The predicted molar refractivity (Wildman–Crippen MR) is 37.9 cm³/mol. The van der Waals surface area contributed by atoms with Crippen molar-refractivity contribution in [3.05, 3.63) is 6.23 Å². The molecule has 59 valence electrons.